The highest BCUT2D eigenvalue weighted by Crippen LogP contribution is 2.19. The number of hydrogen-bond donors (Lipinski definition) is 1. The number of allylic oxidation sites excluding steroid dienone is 1. The Morgan fingerprint density at radius 2 is 2.33 bits per heavy atom. The lowest BCUT2D eigenvalue weighted by Gasteiger charge is -2.02. The molecule has 1 atom stereocenters. The molecule has 0 saturated heterocycles. The molecule has 2 nitrogen and oxygen atoms in total. The van der Waals surface area contributed by atoms with Crippen LogP contribution >= 0.6 is 0 Å². The van der Waals surface area contributed by atoms with Crippen LogP contribution in [0, 0.1) is 6.92 Å². The zero-order valence-corrected chi connectivity index (χ0v) is 7.45. The second-order valence-corrected chi connectivity index (χ2v) is 2.77. The Morgan fingerprint density at radius 1 is 1.58 bits per heavy atom. The number of aryl methyl sites for hydroxylation is 1. The fourth-order valence-electron chi connectivity index (χ4n) is 1.01. The topological polar surface area (TPSA) is 33.4 Å². The van der Waals surface area contributed by atoms with Gasteiger partial charge in [0.05, 0.1) is 0 Å². The summed E-state index contributed by atoms with van der Waals surface area (Å²) in [5, 5.41) is 9.52. The summed E-state index contributed by atoms with van der Waals surface area (Å²) in [5.41, 5.74) is 0. The lowest BCUT2D eigenvalue weighted by atomic mass is 10.2. The maximum atomic E-state index is 9.52. The van der Waals surface area contributed by atoms with Crippen molar-refractivity contribution in [3.8, 4) is 0 Å². The normalized spacial score (nSPS) is 13.9. The largest absolute Gasteiger partial charge is 0.464 e. The third kappa shape index (κ3) is 2.24. The number of aliphatic hydroxyl groups excluding tert-OH is 1. The van der Waals surface area contributed by atoms with Crippen molar-refractivity contribution in [3.05, 3.63) is 35.8 Å². The summed E-state index contributed by atoms with van der Waals surface area (Å²) in [7, 11) is 0. The van der Waals surface area contributed by atoms with Gasteiger partial charge in [-0.1, -0.05) is 12.2 Å². The fourth-order valence-corrected chi connectivity index (χ4v) is 1.01. The van der Waals surface area contributed by atoms with E-state index < -0.39 is 6.10 Å². The second-order valence-electron chi connectivity index (χ2n) is 2.77. The van der Waals surface area contributed by atoms with Crippen molar-refractivity contribution in [1.82, 2.24) is 0 Å². The third-order valence-corrected chi connectivity index (χ3v) is 1.68. The molecule has 0 aliphatic rings. The van der Waals surface area contributed by atoms with E-state index in [1.807, 2.05) is 38.1 Å². The van der Waals surface area contributed by atoms with E-state index in [2.05, 4.69) is 0 Å². The van der Waals surface area contributed by atoms with Gasteiger partial charge in [0.15, 0.2) is 0 Å². The molecule has 0 aliphatic carbocycles. The van der Waals surface area contributed by atoms with Crippen LogP contribution in [0.3, 0.4) is 0 Å². The van der Waals surface area contributed by atoms with Crippen LogP contribution in [0.2, 0.25) is 0 Å². The van der Waals surface area contributed by atoms with Gasteiger partial charge in [-0.2, -0.15) is 0 Å². The minimum atomic E-state index is -0.505. The first kappa shape index (κ1) is 9.07. The van der Waals surface area contributed by atoms with E-state index in [1.54, 1.807) is 0 Å². The van der Waals surface area contributed by atoms with E-state index in [9.17, 15) is 5.11 Å². The predicted molar refractivity (Wildman–Crippen MR) is 47.8 cm³/mol. The Labute approximate surface area is 72.5 Å². The van der Waals surface area contributed by atoms with Crippen molar-refractivity contribution < 1.29 is 9.52 Å². The molecule has 2 heteroatoms. The maximum Gasteiger partial charge on any atom is 0.132 e. The van der Waals surface area contributed by atoms with Gasteiger partial charge >= 0.3 is 0 Å². The van der Waals surface area contributed by atoms with Gasteiger partial charge in [0.2, 0.25) is 0 Å². The molecule has 12 heavy (non-hydrogen) atoms. The summed E-state index contributed by atoms with van der Waals surface area (Å²) in [6.45, 7) is 3.80. The highest BCUT2D eigenvalue weighted by molar-refractivity contribution is 5.08. The molecule has 1 aromatic rings. The van der Waals surface area contributed by atoms with Crippen LogP contribution in [0.4, 0.5) is 0 Å². The van der Waals surface area contributed by atoms with E-state index in [-0.39, 0.29) is 0 Å². The molecule has 0 radical (unpaired) electrons. The minimum absolute atomic E-state index is 0.505. The Morgan fingerprint density at radius 3 is 2.83 bits per heavy atom. The number of aliphatic hydroxyl groups is 1. The first-order valence-corrected chi connectivity index (χ1v) is 4.09. The summed E-state index contributed by atoms with van der Waals surface area (Å²) < 4.78 is 5.26. The number of rotatable bonds is 3. The van der Waals surface area contributed by atoms with Gasteiger partial charge in [0.1, 0.15) is 17.6 Å². The smallest absolute Gasteiger partial charge is 0.132 e. The monoisotopic (exact) mass is 166 g/mol. The van der Waals surface area contributed by atoms with Crippen molar-refractivity contribution >= 4 is 0 Å². The molecule has 1 unspecified atom stereocenters. The van der Waals surface area contributed by atoms with Crippen LogP contribution < -0.4 is 0 Å². The van der Waals surface area contributed by atoms with Gasteiger partial charge in [0, 0.05) is 0 Å². The average molecular weight is 166 g/mol. The van der Waals surface area contributed by atoms with Gasteiger partial charge in [-0.25, -0.2) is 0 Å². The SMILES string of the molecule is C/C=C\CC(O)c1ccc(C)o1. The van der Waals surface area contributed by atoms with Crippen molar-refractivity contribution in [2.24, 2.45) is 0 Å². The standard InChI is InChI=1S/C10H14O2/c1-3-4-5-9(11)10-7-6-8(2)12-10/h3-4,6-7,9,11H,5H2,1-2H3/b4-3-. The van der Waals surface area contributed by atoms with Gasteiger partial charge < -0.3 is 9.52 Å². The Kier molecular flexibility index (Phi) is 3.11. The zero-order valence-electron chi connectivity index (χ0n) is 7.45. The van der Waals surface area contributed by atoms with E-state index in [1.165, 1.54) is 0 Å². The van der Waals surface area contributed by atoms with Crippen LogP contribution in [0.1, 0.15) is 31.0 Å². The van der Waals surface area contributed by atoms with E-state index >= 15 is 0 Å². The van der Waals surface area contributed by atoms with Crippen molar-refractivity contribution in [2.45, 2.75) is 26.4 Å². The molecule has 0 saturated carbocycles. The highest BCUT2D eigenvalue weighted by atomic mass is 16.4. The molecule has 0 spiro atoms. The van der Waals surface area contributed by atoms with Gasteiger partial charge in [-0.3, -0.25) is 0 Å². The predicted octanol–water partition coefficient (Wildman–Crippen LogP) is 2.59. The molecular formula is C10H14O2. The summed E-state index contributed by atoms with van der Waals surface area (Å²) >= 11 is 0. The highest BCUT2D eigenvalue weighted by Gasteiger charge is 2.08. The van der Waals surface area contributed by atoms with Gasteiger partial charge in [0.25, 0.3) is 0 Å². The molecule has 0 aliphatic heterocycles. The van der Waals surface area contributed by atoms with Crippen molar-refractivity contribution in [3.63, 3.8) is 0 Å². The number of hydrogen-bond acceptors (Lipinski definition) is 2. The molecule has 0 bridgehead atoms. The molecule has 0 aromatic carbocycles. The molecule has 66 valence electrons. The molecule has 1 aromatic heterocycles. The van der Waals surface area contributed by atoms with E-state index in [0.717, 1.165) is 5.76 Å². The van der Waals surface area contributed by atoms with Gasteiger partial charge in [-0.15, -0.1) is 0 Å². The van der Waals surface area contributed by atoms with Crippen LogP contribution in [0.15, 0.2) is 28.7 Å². The molecule has 1 rings (SSSR count). The second kappa shape index (κ2) is 4.12. The molecule has 1 heterocycles. The van der Waals surface area contributed by atoms with Crippen LogP contribution in [0.25, 0.3) is 0 Å². The summed E-state index contributed by atoms with van der Waals surface area (Å²) in [5.74, 6) is 1.48. The summed E-state index contributed by atoms with van der Waals surface area (Å²) in [4.78, 5) is 0. The first-order valence-electron chi connectivity index (χ1n) is 4.09. The summed E-state index contributed by atoms with van der Waals surface area (Å²) in [6.07, 6.45) is 3.94. The average Bonchev–Trinajstić information content (AvgIpc) is 2.47. The Balaban J connectivity index is 2.58. The summed E-state index contributed by atoms with van der Waals surface area (Å²) in [6, 6.07) is 3.66. The van der Waals surface area contributed by atoms with Crippen molar-refractivity contribution in [2.75, 3.05) is 0 Å². The lowest BCUT2D eigenvalue weighted by molar-refractivity contribution is 0.151. The minimum Gasteiger partial charge on any atom is -0.464 e. The zero-order chi connectivity index (χ0) is 8.97. The first-order chi connectivity index (χ1) is 5.74. The van der Waals surface area contributed by atoms with Gasteiger partial charge in [-0.05, 0) is 32.4 Å². The molecule has 0 amide bonds. The number of furan rings is 1. The van der Waals surface area contributed by atoms with E-state index in [0.29, 0.717) is 12.2 Å². The van der Waals surface area contributed by atoms with Crippen molar-refractivity contribution in [1.29, 1.82) is 0 Å². The third-order valence-electron chi connectivity index (χ3n) is 1.68. The van der Waals surface area contributed by atoms with E-state index in [4.69, 9.17) is 4.42 Å². The molecular weight excluding hydrogens is 152 g/mol. The quantitative estimate of drug-likeness (QED) is 0.700. The maximum absolute atomic E-state index is 9.52. The molecule has 0 fully saturated rings. The fraction of sp³-hybridized carbons (Fsp3) is 0.400. The van der Waals surface area contributed by atoms with Crippen LogP contribution in [-0.4, -0.2) is 5.11 Å². The van der Waals surface area contributed by atoms with Crippen LogP contribution in [0.5, 0.6) is 0 Å². The molecule has 1 N–H and O–H groups in total. The van der Waals surface area contributed by atoms with Crippen LogP contribution in [-0.2, 0) is 0 Å². The Hall–Kier alpha value is -1.02. The lowest BCUT2D eigenvalue weighted by Crippen LogP contribution is -1.92. The Bertz CT molecular complexity index is 261.